The van der Waals surface area contributed by atoms with Crippen molar-refractivity contribution in [1.82, 2.24) is 4.98 Å². The molecule has 0 unspecified atom stereocenters. The van der Waals surface area contributed by atoms with Crippen molar-refractivity contribution in [3.05, 3.63) is 72.3 Å². The number of carbonyl (C=O) groups is 1. The highest BCUT2D eigenvalue weighted by molar-refractivity contribution is 5.91. The van der Waals surface area contributed by atoms with Crippen LogP contribution in [-0.2, 0) is 4.79 Å². The molecule has 3 aromatic rings. The average Bonchev–Trinajstić information content (AvgIpc) is 2.55. The van der Waals surface area contributed by atoms with Crippen LogP contribution in [-0.4, -0.2) is 10.9 Å². The van der Waals surface area contributed by atoms with Crippen LogP contribution in [0.25, 0.3) is 10.9 Å². The number of fused-ring (bicyclic) bond motifs is 1. The van der Waals surface area contributed by atoms with Crippen molar-refractivity contribution in [1.29, 1.82) is 0 Å². The second kappa shape index (κ2) is 6.39. The number of pyridine rings is 1. The van der Waals surface area contributed by atoms with E-state index in [1.807, 2.05) is 66.7 Å². The molecule has 2 aromatic carbocycles. The minimum absolute atomic E-state index is 0.0147. The summed E-state index contributed by atoms with van der Waals surface area (Å²) >= 11 is 0. The van der Waals surface area contributed by atoms with E-state index >= 15 is 0 Å². The molecule has 0 aliphatic carbocycles. The van der Waals surface area contributed by atoms with E-state index in [0.29, 0.717) is 12.2 Å². The Kier molecular flexibility index (Phi) is 4.15. The van der Waals surface area contributed by atoms with E-state index in [1.54, 1.807) is 0 Å². The number of hydrogen-bond acceptors (Lipinski definition) is 2. The molecule has 1 atom stereocenters. The highest BCUT2D eigenvalue weighted by Crippen LogP contribution is 2.20. The lowest BCUT2D eigenvalue weighted by Gasteiger charge is -2.12. The normalized spacial score (nSPS) is 12.0. The van der Waals surface area contributed by atoms with Crippen molar-refractivity contribution in [3.8, 4) is 0 Å². The SMILES string of the molecule is C[C@@H](CC(=O)Nc1ccc2ccccc2n1)c1ccccc1. The predicted molar refractivity (Wildman–Crippen MR) is 89.8 cm³/mol. The first-order valence-electron chi connectivity index (χ1n) is 7.43. The Morgan fingerprint density at radius 1 is 1.00 bits per heavy atom. The van der Waals surface area contributed by atoms with Crippen LogP contribution < -0.4 is 5.32 Å². The summed E-state index contributed by atoms with van der Waals surface area (Å²) in [7, 11) is 0. The van der Waals surface area contributed by atoms with Gasteiger partial charge in [-0.05, 0) is 29.7 Å². The summed E-state index contributed by atoms with van der Waals surface area (Å²) in [6, 6.07) is 21.7. The van der Waals surface area contributed by atoms with Crippen molar-refractivity contribution in [2.24, 2.45) is 0 Å². The molecule has 0 radical (unpaired) electrons. The second-order valence-corrected chi connectivity index (χ2v) is 5.45. The highest BCUT2D eigenvalue weighted by Gasteiger charge is 2.11. The molecule has 3 nitrogen and oxygen atoms in total. The molecular weight excluding hydrogens is 272 g/mol. The van der Waals surface area contributed by atoms with Crippen LogP contribution in [0.3, 0.4) is 0 Å². The van der Waals surface area contributed by atoms with Crippen LogP contribution in [0.1, 0.15) is 24.8 Å². The van der Waals surface area contributed by atoms with Gasteiger partial charge in [0.1, 0.15) is 5.82 Å². The Morgan fingerprint density at radius 3 is 2.55 bits per heavy atom. The summed E-state index contributed by atoms with van der Waals surface area (Å²) in [6.45, 7) is 2.06. The number of carbonyl (C=O) groups excluding carboxylic acids is 1. The van der Waals surface area contributed by atoms with Crippen LogP contribution in [0.5, 0.6) is 0 Å². The average molecular weight is 290 g/mol. The Balaban J connectivity index is 1.68. The van der Waals surface area contributed by atoms with E-state index in [0.717, 1.165) is 10.9 Å². The monoisotopic (exact) mass is 290 g/mol. The zero-order valence-electron chi connectivity index (χ0n) is 12.5. The van der Waals surface area contributed by atoms with Gasteiger partial charge in [0.2, 0.25) is 5.91 Å². The van der Waals surface area contributed by atoms with Gasteiger partial charge in [0.25, 0.3) is 0 Å². The molecule has 0 saturated carbocycles. The van der Waals surface area contributed by atoms with Crippen LogP contribution in [0.2, 0.25) is 0 Å². The maximum absolute atomic E-state index is 12.2. The smallest absolute Gasteiger partial charge is 0.226 e. The van der Waals surface area contributed by atoms with E-state index in [1.165, 1.54) is 5.56 Å². The lowest BCUT2D eigenvalue weighted by Crippen LogP contribution is -2.15. The fourth-order valence-corrected chi connectivity index (χ4v) is 2.51. The third-order valence-electron chi connectivity index (χ3n) is 3.73. The van der Waals surface area contributed by atoms with Crippen LogP contribution in [0.4, 0.5) is 5.82 Å². The first-order chi connectivity index (χ1) is 10.7. The van der Waals surface area contributed by atoms with Crippen LogP contribution in [0.15, 0.2) is 66.7 Å². The second-order valence-electron chi connectivity index (χ2n) is 5.45. The maximum atomic E-state index is 12.2. The van der Waals surface area contributed by atoms with Gasteiger partial charge in [-0.2, -0.15) is 0 Å². The fourth-order valence-electron chi connectivity index (χ4n) is 2.51. The molecule has 0 saturated heterocycles. The predicted octanol–water partition coefficient (Wildman–Crippen LogP) is 4.37. The van der Waals surface area contributed by atoms with Gasteiger partial charge in [0.05, 0.1) is 5.52 Å². The summed E-state index contributed by atoms with van der Waals surface area (Å²) in [5.41, 5.74) is 2.06. The number of amides is 1. The largest absolute Gasteiger partial charge is 0.311 e. The maximum Gasteiger partial charge on any atom is 0.226 e. The van der Waals surface area contributed by atoms with Crippen molar-refractivity contribution in [2.45, 2.75) is 19.3 Å². The number of rotatable bonds is 4. The van der Waals surface area contributed by atoms with Gasteiger partial charge < -0.3 is 5.32 Å². The molecule has 0 fully saturated rings. The van der Waals surface area contributed by atoms with Crippen molar-refractivity contribution < 1.29 is 4.79 Å². The summed E-state index contributed by atoms with van der Waals surface area (Å²) < 4.78 is 0. The highest BCUT2D eigenvalue weighted by atomic mass is 16.1. The van der Waals surface area contributed by atoms with E-state index < -0.39 is 0 Å². The van der Waals surface area contributed by atoms with Gasteiger partial charge in [-0.3, -0.25) is 4.79 Å². The molecule has 0 bridgehead atoms. The third kappa shape index (κ3) is 3.31. The van der Waals surface area contributed by atoms with Gasteiger partial charge in [-0.1, -0.05) is 55.5 Å². The molecule has 22 heavy (non-hydrogen) atoms. The quantitative estimate of drug-likeness (QED) is 0.775. The first-order valence-corrected chi connectivity index (χ1v) is 7.43. The van der Waals surface area contributed by atoms with Gasteiger partial charge in [0.15, 0.2) is 0 Å². The molecule has 0 aliphatic rings. The van der Waals surface area contributed by atoms with E-state index in [-0.39, 0.29) is 11.8 Å². The van der Waals surface area contributed by atoms with Crippen molar-refractivity contribution in [2.75, 3.05) is 5.32 Å². The first kappa shape index (κ1) is 14.3. The number of anilines is 1. The Bertz CT molecular complexity index is 784. The molecule has 1 amide bonds. The summed E-state index contributed by atoms with van der Waals surface area (Å²) in [5, 5.41) is 3.95. The molecule has 110 valence electrons. The van der Waals surface area contributed by atoms with E-state index in [2.05, 4.69) is 17.2 Å². The Hall–Kier alpha value is -2.68. The van der Waals surface area contributed by atoms with Gasteiger partial charge >= 0.3 is 0 Å². The molecule has 0 spiro atoms. The Labute approximate surface area is 130 Å². The van der Waals surface area contributed by atoms with Crippen LogP contribution >= 0.6 is 0 Å². The summed E-state index contributed by atoms with van der Waals surface area (Å²) in [4.78, 5) is 16.6. The van der Waals surface area contributed by atoms with Crippen molar-refractivity contribution >= 4 is 22.6 Å². The van der Waals surface area contributed by atoms with Crippen LogP contribution in [0, 0.1) is 0 Å². The zero-order valence-corrected chi connectivity index (χ0v) is 12.5. The third-order valence-corrected chi connectivity index (χ3v) is 3.73. The molecule has 0 aliphatic heterocycles. The minimum Gasteiger partial charge on any atom is -0.311 e. The number of aromatic nitrogens is 1. The standard InChI is InChI=1S/C19H18N2O/c1-14(15-7-3-2-4-8-15)13-19(22)21-18-12-11-16-9-5-6-10-17(16)20-18/h2-12,14H,13H2,1H3,(H,20,21,22)/t14-/m0/s1. The van der Waals surface area contributed by atoms with Gasteiger partial charge in [0, 0.05) is 11.8 Å². The minimum atomic E-state index is -0.0147. The molecule has 1 heterocycles. The topological polar surface area (TPSA) is 42.0 Å². The number of nitrogens with one attached hydrogen (secondary N) is 1. The fraction of sp³-hybridized carbons (Fsp3) is 0.158. The number of nitrogens with zero attached hydrogens (tertiary/aromatic N) is 1. The molecule has 1 N–H and O–H groups in total. The molecule has 3 heteroatoms. The summed E-state index contributed by atoms with van der Waals surface area (Å²) in [6.07, 6.45) is 0.443. The number of hydrogen-bond donors (Lipinski definition) is 1. The molecule has 3 rings (SSSR count). The number of para-hydroxylation sites is 1. The number of benzene rings is 2. The zero-order chi connectivity index (χ0) is 15.4. The lowest BCUT2D eigenvalue weighted by molar-refractivity contribution is -0.116. The van der Waals surface area contributed by atoms with E-state index in [4.69, 9.17) is 0 Å². The Morgan fingerprint density at radius 2 is 1.73 bits per heavy atom. The molecular formula is C19H18N2O. The van der Waals surface area contributed by atoms with E-state index in [9.17, 15) is 4.79 Å². The van der Waals surface area contributed by atoms with Crippen molar-refractivity contribution in [3.63, 3.8) is 0 Å². The summed E-state index contributed by atoms with van der Waals surface area (Å²) in [5.74, 6) is 0.768. The van der Waals surface area contributed by atoms with Gasteiger partial charge in [-0.25, -0.2) is 4.98 Å². The lowest BCUT2D eigenvalue weighted by atomic mass is 9.98. The molecule has 1 aromatic heterocycles. The van der Waals surface area contributed by atoms with Gasteiger partial charge in [-0.15, -0.1) is 0 Å².